The van der Waals surface area contributed by atoms with E-state index in [1.165, 1.54) is 0 Å². The minimum Gasteiger partial charge on any atom is -0.479 e. The first kappa shape index (κ1) is 19.2. The second-order valence-electron chi connectivity index (χ2n) is 6.48. The van der Waals surface area contributed by atoms with Crippen molar-refractivity contribution in [3.63, 3.8) is 0 Å². The molecular formula is C23H17BrO5. The van der Waals surface area contributed by atoms with E-state index in [1.807, 2.05) is 31.2 Å². The van der Waals surface area contributed by atoms with Crippen LogP contribution in [0.3, 0.4) is 0 Å². The van der Waals surface area contributed by atoms with Crippen LogP contribution >= 0.6 is 15.9 Å². The Morgan fingerprint density at radius 1 is 0.966 bits per heavy atom. The number of halogens is 1. The molecule has 0 amide bonds. The minimum absolute atomic E-state index is 0.291. The molecule has 4 rings (SSSR count). The van der Waals surface area contributed by atoms with Crippen LogP contribution in [0.4, 0.5) is 0 Å². The van der Waals surface area contributed by atoms with Crippen molar-refractivity contribution in [2.24, 2.45) is 0 Å². The summed E-state index contributed by atoms with van der Waals surface area (Å²) in [5, 5.41) is 2.08. The fourth-order valence-electron chi connectivity index (χ4n) is 3.08. The molecule has 0 N–H and O–H groups in total. The van der Waals surface area contributed by atoms with E-state index in [0.717, 1.165) is 15.2 Å². The maximum absolute atomic E-state index is 12.6. The summed E-state index contributed by atoms with van der Waals surface area (Å²) < 4.78 is 17.6. The van der Waals surface area contributed by atoms with Crippen LogP contribution in [-0.4, -0.2) is 12.1 Å². The van der Waals surface area contributed by atoms with Gasteiger partial charge in [0, 0.05) is 15.9 Å². The Hall–Kier alpha value is -3.12. The summed E-state index contributed by atoms with van der Waals surface area (Å²) in [6, 6.07) is 19.5. The van der Waals surface area contributed by atoms with Crippen LogP contribution in [0.25, 0.3) is 21.7 Å². The second kappa shape index (κ2) is 8.09. The Bertz CT molecular complexity index is 1240. The van der Waals surface area contributed by atoms with Gasteiger partial charge in [0.05, 0.1) is 5.39 Å². The van der Waals surface area contributed by atoms with Crippen molar-refractivity contribution in [2.75, 3.05) is 0 Å². The lowest BCUT2D eigenvalue weighted by Gasteiger charge is -2.16. The van der Waals surface area contributed by atoms with E-state index in [9.17, 15) is 9.59 Å². The molecular weight excluding hydrogens is 436 g/mol. The average molecular weight is 453 g/mol. The molecule has 29 heavy (non-hydrogen) atoms. The molecule has 0 bridgehead atoms. The van der Waals surface area contributed by atoms with Crippen molar-refractivity contribution in [1.29, 1.82) is 0 Å². The number of fused-ring (bicyclic) bond motifs is 3. The average Bonchev–Trinajstić information content (AvgIpc) is 2.73. The van der Waals surface area contributed by atoms with Crippen molar-refractivity contribution in [3.8, 4) is 11.5 Å². The van der Waals surface area contributed by atoms with Crippen LogP contribution in [-0.2, 0) is 4.79 Å². The maximum Gasteiger partial charge on any atom is 0.352 e. The lowest BCUT2D eigenvalue weighted by atomic mass is 10.1. The van der Waals surface area contributed by atoms with Gasteiger partial charge in [0.1, 0.15) is 17.1 Å². The summed E-state index contributed by atoms with van der Waals surface area (Å²) in [7, 11) is 0. The molecule has 0 aliphatic rings. The summed E-state index contributed by atoms with van der Waals surface area (Å²) in [6.45, 7) is 1.84. The van der Waals surface area contributed by atoms with Crippen molar-refractivity contribution in [3.05, 3.63) is 81.6 Å². The first-order valence-electron chi connectivity index (χ1n) is 9.14. The summed E-state index contributed by atoms with van der Waals surface area (Å²) in [6.07, 6.45) is -0.308. The highest BCUT2D eigenvalue weighted by Crippen LogP contribution is 2.27. The molecule has 6 heteroatoms. The molecule has 0 aliphatic carbocycles. The van der Waals surface area contributed by atoms with Gasteiger partial charge in [0.15, 0.2) is 6.10 Å². The zero-order valence-corrected chi connectivity index (χ0v) is 17.1. The van der Waals surface area contributed by atoms with Crippen LogP contribution in [0.2, 0.25) is 0 Å². The molecule has 1 atom stereocenters. The smallest absolute Gasteiger partial charge is 0.352 e. The zero-order valence-electron chi connectivity index (χ0n) is 15.6. The van der Waals surface area contributed by atoms with Gasteiger partial charge in [-0.05, 0) is 54.3 Å². The predicted octanol–water partition coefficient (Wildman–Crippen LogP) is 5.47. The Morgan fingerprint density at radius 2 is 1.66 bits per heavy atom. The van der Waals surface area contributed by atoms with Gasteiger partial charge in [-0.25, -0.2) is 9.59 Å². The van der Waals surface area contributed by atoms with Gasteiger partial charge < -0.3 is 13.9 Å². The van der Waals surface area contributed by atoms with E-state index in [4.69, 9.17) is 13.9 Å². The molecule has 146 valence electrons. The highest BCUT2D eigenvalue weighted by atomic mass is 79.9. The van der Waals surface area contributed by atoms with Gasteiger partial charge in [0.25, 0.3) is 0 Å². The Morgan fingerprint density at radius 3 is 2.38 bits per heavy atom. The van der Waals surface area contributed by atoms with Gasteiger partial charge in [-0.15, -0.1) is 0 Å². The highest BCUT2D eigenvalue weighted by Gasteiger charge is 2.21. The predicted molar refractivity (Wildman–Crippen MR) is 114 cm³/mol. The number of carbonyl (C=O) groups excluding carboxylic acids is 1. The Kier molecular flexibility index (Phi) is 5.36. The number of esters is 1. The number of carbonyl (C=O) groups is 1. The SMILES string of the molecule is CCC(Oc1ccc(Br)cc1)C(=O)Oc1ccc2c(c1)oc(=O)c1ccccc12. The monoisotopic (exact) mass is 452 g/mol. The first-order valence-corrected chi connectivity index (χ1v) is 9.94. The number of hydrogen-bond acceptors (Lipinski definition) is 5. The van der Waals surface area contributed by atoms with Crippen LogP contribution in [0.5, 0.6) is 11.5 Å². The van der Waals surface area contributed by atoms with E-state index in [1.54, 1.807) is 42.5 Å². The largest absolute Gasteiger partial charge is 0.479 e. The molecule has 0 spiro atoms. The minimum atomic E-state index is -0.754. The Balaban J connectivity index is 1.59. The van der Waals surface area contributed by atoms with Gasteiger partial charge in [-0.3, -0.25) is 0 Å². The molecule has 0 saturated heterocycles. The fourth-order valence-corrected chi connectivity index (χ4v) is 3.35. The number of benzene rings is 3. The lowest BCUT2D eigenvalue weighted by molar-refractivity contribution is -0.142. The summed E-state index contributed by atoms with van der Waals surface area (Å²) in [4.78, 5) is 24.8. The van der Waals surface area contributed by atoms with E-state index in [2.05, 4.69) is 15.9 Å². The molecule has 4 aromatic rings. The third-order valence-electron chi connectivity index (χ3n) is 4.54. The summed E-state index contributed by atoms with van der Waals surface area (Å²) in [5.41, 5.74) is -0.0672. The molecule has 1 aromatic heterocycles. The molecule has 0 radical (unpaired) electrons. The zero-order chi connectivity index (χ0) is 20.4. The Labute approximate surface area is 175 Å². The number of hydrogen-bond donors (Lipinski definition) is 0. The van der Waals surface area contributed by atoms with Gasteiger partial charge >= 0.3 is 11.6 Å². The standard InChI is InChI=1S/C23H17BrO5/c1-2-20(27-15-9-7-14(24)8-10-15)23(26)28-16-11-12-18-17-5-3-4-6-19(17)22(25)29-21(18)13-16/h3-13,20H,2H2,1H3. The molecule has 0 fully saturated rings. The van der Waals surface area contributed by atoms with E-state index < -0.39 is 17.7 Å². The van der Waals surface area contributed by atoms with Gasteiger partial charge in [-0.2, -0.15) is 0 Å². The lowest BCUT2D eigenvalue weighted by Crippen LogP contribution is -2.30. The fraction of sp³-hybridized carbons (Fsp3) is 0.130. The van der Waals surface area contributed by atoms with Crippen LogP contribution < -0.4 is 15.1 Å². The topological polar surface area (TPSA) is 65.7 Å². The van der Waals surface area contributed by atoms with Crippen LogP contribution in [0, 0.1) is 0 Å². The van der Waals surface area contributed by atoms with E-state index in [-0.39, 0.29) is 0 Å². The second-order valence-corrected chi connectivity index (χ2v) is 7.40. The molecule has 0 saturated carbocycles. The molecule has 3 aromatic carbocycles. The van der Waals surface area contributed by atoms with Gasteiger partial charge in [0.2, 0.25) is 0 Å². The third kappa shape index (κ3) is 4.03. The van der Waals surface area contributed by atoms with Crippen LogP contribution in [0.15, 0.2) is 80.4 Å². The maximum atomic E-state index is 12.6. The van der Waals surface area contributed by atoms with Crippen LogP contribution in [0.1, 0.15) is 13.3 Å². The third-order valence-corrected chi connectivity index (χ3v) is 5.07. The van der Waals surface area contributed by atoms with Crippen molar-refractivity contribution >= 4 is 43.6 Å². The van der Waals surface area contributed by atoms with Gasteiger partial charge in [-0.1, -0.05) is 41.1 Å². The van der Waals surface area contributed by atoms with E-state index >= 15 is 0 Å². The highest BCUT2D eigenvalue weighted by molar-refractivity contribution is 9.10. The van der Waals surface area contributed by atoms with E-state index in [0.29, 0.717) is 28.9 Å². The molecule has 1 unspecified atom stereocenters. The quantitative estimate of drug-likeness (QED) is 0.174. The molecule has 5 nitrogen and oxygen atoms in total. The van der Waals surface area contributed by atoms with Crippen molar-refractivity contribution in [1.82, 2.24) is 0 Å². The van der Waals surface area contributed by atoms with Crippen molar-refractivity contribution < 1.29 is 18.7 Å². The summed E-state index contributed by atoms with van der Waals surface area (Å²) >= 11 is 3.36. The van der Waals surface area contributed by atoms with Crippen molar-refractivity contribution in [2.45, 2.75) is 19.4 Å². The molecule has 1 heterocycles. The number of ether oxygens (including phenoxy) is 2. The summed E-state index contributed by atoms with van der Waals surface area (Å²) in [5.74, 6) is 0.352. The normalized spacial score (nSPS) is 12.1. The molecule has 0 aliphatic heterocycles. The number of rotatable bonds is 5. The first-order chi connectivity index (χ1) is 14.0.